The Morgan fingerprint density at radius 3 is 2.28 bits per heavy atom. The quantitative estimate of drug-likeness (QED) is 0.400. The van der Waals surface area contributed by atoms with Crippen LogP contribution in [0.2, 0.25) is 0 Å². The fourth-order valence-electron chi connectivity index (χ4n) is 7.17. The Morgan fingerprint density at radius 1 is 0.872 bits per heavy atom. The zero-order valence-electron chi connectivity index (χ0n) is 23.4. The summed E-state index contributed by atoms with van der Waals surface area (Å²) >= 11 is 0. The van der Waals surface area contributed by atoms with Gasteiger partial charge in [0.25, 0.3) is 0 Å². The average molecular weight is 529 g/mol. The van der Waals surface area contributed by atoms with Crippen molar-refractivity contribution in [3.05, 3.63) is 59.2 Å². The number of hydrogen-bond acceptors (Lipinski definition) is 4. The van der Waals surface area contributed by atoms with E-state index in [1.165, 1.54) is 68.3 Å². The molecular weight excluding hydrogens is 484 g/mol. The van der Waals surface area contributed by atoms with Crippen LogP contribution in [0, 0.1) is 24.7 Å². The highest BCUT2D eigenvalue weighted by Gasteiger charge is 2.37. The van der Waals surface area contributed by atoms with E-state index in [1.807, 2.05) is 37.3 Å². The fourth-order valence-corrected chi connectivity index (χ4v) is 7.17. The van der Waals surface area contributed by atoms with Crippen LogP contribution in [-0.4, -0.2) is 18.2 Å². The van der Waals surface area contributed by atoms with Crippen molar-refractivity contribution in [3.8, 4) is 0 Å². The second-order valence-electron chi connectivity index (χ2n) is 12.1. The Hall–Kier alpha value is -3.15. The third-order valence-corrected chi connectivity index (χ3v) is 9.32. The number of rotatable bonds is 3. The molecule has 0 aromatic heterocycles. The molecular formula is C33H44N4O2. The molecule has 39 heavy (non-hydrogen) atoms. The van der Waals surface area contributed by atoms with E-state index in [9.17, 15) is 9.59 Å². The van der Waals surface area contributed by atoms with Crippen molar-refractivity contribution in [1.82, 2.24) is 5.43 Å². The summed E-state index contributed by atoms with van der Waals surface area (Å²) in [5.41, 5.74) is 13.0. The van der Waals surface area contributed by atoms with Gasteiger partial charge in [-0.05, 0) is 73.3 Å². The highest BCUT2D eigenvalue weighted by molar-refractivity contribution is 6.18. The van der Waals surface area contributed by atoms with Crippen molar-refractivity contribution in [2.45, 2.75) is 96.3 Å². The molecule has 2 aromatic carbocycles. The molecule has 3 aliphatic rings. The summed E-state index contributed by atoms with van der Waals surface area (Å²) in [6, 6.07) is 13.6. The predicted octanol–water partition coefficient (Wildman–Crippen LogP) is 7.70. The van der Waals surface area contributed by atoms with E-state index in [-0.39, 0.29) is 17.7 Å². The first-order valence-electron chi connectivity index (χ1n) is 15.1. The summed E-state index contributed by atoms with van der Waals surface area (Å²) in [5, 5.41) is 4.10. The number of fused-ring (bicyclic) bond motifs is 1. The van der Waals surface area contributed by atoms with Gasteiger partial charge in [-0.3, -0.25) is 4.79 Å². The summed E-state index contributed by atoms with van der Waals surface area (Å²) in [6.45, 7) is 1.99. The lowest BCUT2D eigenvalue weighted by molar-refractivity contribution is -0.122. The molecule has 6 heteroatoms. The third kappa shape index (κ3) is 6.71. The number of nitrogens with zero attached hydrogens (tertiary/aromatic N) is 2. The minimum Gasteiger partial charge on any atom is -0.399 e. The van der Waals surface area contributed by atoms with Crippen LogP contribution in [0.15, 0.2) is 47.6 Å². The van der Waals surface area contributed by atoms with E-state index < -0.39 is 6.03 Å². The highest BCUT2D eigenvalue weighted by Crippen LogP contribution is 2.41. The molecule has 6 nitrogen and oxygen atoms in total. The molecule has 3 amide bonds. The van der Waals surface area contributed by atoms with Gasteiger partial charge in [0.05, 0.1) is 11.9 Å². The van der Waals surface area contributed by atoms with Crippen molar-refractivity contribution < 1.29 is 9.59 Å². The number of benzene rings is 2. The van der Waals surface area contributed by atoms with Crippen molar-refractivity contribution in [2.24, 2.45) is 22.9 Å². The Balaban J connectivity index is 1.51. The number of nitrogen functional groups attached to an aromatic ring is 1. The number of hydrogen-bond donors (Lipinski definition) is 2. The van der Waals surface area contributed by atoms with Crippen LogP contribution in [0.1, 0.15) is 106 Å². The van der Waals surface area contributed by atoms with Gasteiger partial charge in [-0.1, -0.05) is 88.5 Å². The van der Waals surface area contributed by atoms with Gasteiger partial charge in [0, 0.05) is 17.2 Å². The SMILES string of the molecule is Cc1ccc2c(c1)N(C(=O)C1CC(c3ccc(N)cc3)CCCCCCC(C3CCCCC3)C1)C(=O)NN=C2. The average Bonchev–Trinajstić information content (AvgIpc) is 3.13. The van der Waals surface area contributed by atoms with Gasteiger partial charge >= 0.3 is 6.03 Å². The first-order valence-corrected chi connectivity index (χ1v) is 15.1. The zero-order valence-corrected chi connectivity index (χ0v) is 23.4. The molecule has 2 aliphatic carbocycles. The van der Waals surface area contributed by atoms with Crippen LogP contribution >= 0.6 is 0 Å². The van der Waals surface area contributed by atoms with E-state index >= 15 is 0 Å². The number of anilines is 2. The number of imide groups is 1. The number of nitrogens with one attached hydrogen (secondary N) is 1. The molecule has 0 saturated heterocycles. The molecule has 1 aliphatic heterocycles. The summed E-state index contributed by atoms with van der Waals surface area (Å²) in [7, 11) is 0. The number of aryl methyl sites for hydroxylation is 1. The largest absolute Gasteiger partial charge is 0.399 e. The number of urea groups is 1. The van der Waals surface area contributed by atoms with Gasteiger partial charge in [-0.2, -0.15) is 5.10 Å². The van der Waals surface area contributed by atoms with Gasteiger partial charge < -0.3 is 5.73 Å². The fraction of sp³-hybridized carbons (Fsp3) is 0.545. The standard InChI is InChI=1S/C33H44N4O2/c1-23-13-14-28-22-35-36-33(39)37(31(28)19-23)32(38)29-20-26(24-9-7-4-8-10-24)11-5-2-3-6-12-27(21-29)25-15-17-30(34)18-16-25/h13-19,22,24,26-27,29H,2-12,20-21,34H2,1H3,(H,36,39). The van der Waals surface area contributed by atoms with Crippen molar-refractivity contribution in [2.75, 3.05) is 10.6 Å². The van der Waals surface area contributed by atoms with Gasteiger partial charge in [-0.15, -0.1) is 0 Å². The third-order valence-electron chi connectivity index (χ3n) is 9.32. The van der Waals surface area contributed by atoms with Gasteiger partial charge in [-0.25, -0.2) is 15.1 Å². The molecule has 2 fully saturated rings. The first-order chi connectivity index (χ1) is 19.0. The number of carbonyl (C=O) groups is 2. The smallest absolute Gasteiger partial charge is 0.349 e. The van der Waals surface area contributed by atoms with E-state index in [1.54, 1.807) is 6.21 Å². The van der Waals surface area contributed by atoms with Gasteiger partial charge in [0.2, 0.25) is 5.91 Å². The Labute approximate surface area is 233 Å². The lowest BCUT2D eigenvalue weighted by atomic mass is 9.72. The Bertz CT molecular complexity index is 1170. The molecule has 1 heterocycles. The summed E-state index contributed by atoms with van der Waals surface area (Å²) < 4.78 is 0. The van der Waals surface area contributed by atoms with E-state index in [0.717, 1.165) is 42.5 Å². The van der Waals surface area contributed by atoms with Crippen LogP contribution in [-0.2, 0) is 4.79 Å². The maximum Gasteiger partial charge on any atom is 0.349 e. The first kappa shape index (κ1) is 27.4. The minimum atomic E-state index is -0.465. The molecule has 0 bridgehead atoms. The maximum atomic E-state index is 14.6. The maximum absolute atomic E-state index is 14.6. The van der Waals surface area contributed by atoms with Gasteiger partial charge in [0.1, 0.15) is 0 Å². The minimum absolute atomic E-state index is 0.0923. The summed E-state index contributed by atoms with van der Waals surface area (Å²) in [5.74, 6) is 1.13. The van der Waals surface area contributed by atoms with Gasteiger partial charge in [0.15, 0.2) is 0 Å². The van der Waals surface area contributed by atoms with Crippen LogP contribution in [0.3, 0.4) is 0 Å². The lowest BCUT2D eigenvalue weighted by Gasteiger charge is -2.35. The second kappa shape index (κ2) is 12.8. The van der Waals surface area contributed by atoms with Crippen molar-refractivity contribution in [1.29, 1.82) is 0 Å². The van der Waals surface area contributed by atoms with Crippen LogP contribution < -0.4 is 16.1 Å². The van der Waals surface area contributed by atoms with Crippen LogP contribution in [0.4, 0.5) is 16.2 Å². The zero-order chi connectivity index (χ0) is 27.2. The van der Waals surface area contributed by atoms with Crippen molar-refractivity contribution in [3.63, 3.8) is 0 Å². The Kier molecular flexibility index (Phi) is 9.00. The predicted molar refractivity (Wildman–Crippen MR) is 159 cm³/mol. The monoisotopic (exact) mass is 528 g/mol. The Morgan fingerprint density at radius 2 is 1.54 bits per heavy atom. The second-order valence-corrected chi connectivity index (χ2v) is 12.1. The number of hydrazone groups is 1. The molecule has 2 aromatic rings. The summed E-state index contributed by atoms with van der Waals surface area (Å²) in [6.07, 6.45) is 16.8. The molecule has 2 saturated carbocycles. The lowest BCUT2D eigenvalue weighted by Crippen LogP contribution is -2.46. The topological polar surface area (TPSA) is 87.8 Å². The normalized spacial score (nSPS) is 25.2. The molecule has 208 valence electrons. The van der Waals surface area contributed by atoms with Crippen LogP contribution in [0.25, 0.3) is 0 Å². The van der Waals surface area contributed by atoms with E-state index in [0.29, 0.717) is 17.5 Å². The molecule has 5 rings (SSSR count). The highest BCUT2D eigenvalue weighted by atomic mass is 16.2. The number of carbonyl (C=O) groups excluding carboxylic acids is 2. The van der Waals surface area contributed by atoms with E-state index in [4.69, 9.17) is 5.73 Å². The molecule has 3 N–H and O–H groups in total. The van der Waals surface area contributed by atoms with Crippen LogP contribution in [0.5, 0.6) is 0 Å². The molecule has 0 spiro atoms. The van der Waals surface area contributed by atoms with E-state index in [2.05, 4.69) is 22.7 Å². The van der Waals surface area contributed by atoms with Crippen molar-refractivity contribution >= 4 is 29.5 Å². The molecule has 3 unspecified atom stereocenters. The molecule has 3 atom stereocenters. The number of amides is 3. The molecule has 0 radical (unpaired) electrons. The summed E-state index contributed by atoms with van der Waals surface area (Å²) in [4.78, 5) is 29.3. The number of nitrogens with two attached hydrogens (primary N) is 1.